The van der Waals surface area contributed by atoms with Crippen molar-refractivity contribution in [2.45, 2.75) is 13.8 Å². The number of ether oxygens (including phenoxy) is 3. The summed E-state index contributed by atoms with van der Waals surface area (Å²) in [6.07, 6.45) is 0. The molecule has 0 radical (unpaired) electrons. The zero-order valence-electron chi connectivity index (χ0n) is 10.6. The number of hydrogen-bond acceptors (Lipinski definition) is 4. The Morgan fingerprint density at radius 2 is 2.00 bits per heavy atom. The van der Waals surface area contributed by atoms with E-state index in [2.05, 4.69) is 4.74 Å². The molecule has 0 heterocycles. The molecule has 94 valence electrons. The zero-order valence-corrected chi connectivity index (χ0v) is 10.6. The smallest absolute Gasteiger partial charge is 0.311 e. The average molecular weight is 238 g/mol. The van der Waals surface area contributed by atoms with Crippen molar-refractivity contribution in [2.24, 2.45) is 5.92 Å². The molecule has 0 spiro atoms. The third-order valence-electron chi connectivity index (χ3n) is 2.41. The summed E-state index contributed by atoms with van der Waals surface area (Å²) in [7, 11) is 2.96. The van der Waals surface area contributed by atoms with Gasteiger partial charge in [0.15, 0.2) is 11.5 Å². The van der Waals surface area contributed by atoms with Crippen LogP contribution in [0.2, 0.25) is 0 Å². The molecular formula is C13H18O4. The van der Waals surface area contributed by atoms with Gasteiger partial charge in [0, 0.05) is 0 Å². The van der Waals surface area contributed by atoms with Crippen LogP contribution in [0.3, 0.4) is 0 Å². The summed E-state index contributed by atoms with van der Waals surface area (Å²) in [6, 6.07) is 5.65. The third kappa shape index (κ3) is 3.66. The van der Waals surface area contributed by atoms with E-state index in [1.807, 2.05) is 25.1 Å². The second-order valence-electron chi connectivity index (χ2n) is 3.89. The Morgan fingerprint density at radius 3 is 2.59 bits per heavy atom. The van der Waals surface area contributed by atoms with Crippen LogP contribution in [0.25, 0.3) is 0 Å². The van der Waals surface area contributed by atoms with E-state index >= 15 is 0 Å². The van der Waals surface area contributed by atoms with Gasteiger partial charge in [-0.05, 0) is 31.5 Å². The van der Waals surface area contributed by atoms with Gasteiger partial charge < -0.3 is 14.2 Å². The Hall–Kier alpha value is -1.71. The SMILES string of the molecule is COC(=O)C(C)COc1ccc(C)cc1OC. The van der Waals surface area contributed by atoms with Crippen LogP contribution < -0.4 is 9.47 Å². The van der Waals surface area contributed by atoms with Crippen LogP contribution in [-0.4, -0.2) is 26.8 Å². The molecule has 0 fully saturated rings. The first-order valence-electron chi connectivity index (χ1n) is 5.43. The van der Waals surface area contributed by atoms with Gasteiger partial charge in [0.2, 0.25) is 0 Å². The van der Waals surface area contributed by atoms with Crippen LogP contribution in [0.4, 0.5) is 0 Å². The fourth-order valence-corrected chi connectivity index (χ4v) is 1.38. The van der Waals surface area contributed by atoms with Crippen LogP contribution in [0.1, 0.15) is 12.5 Å². The van der Waals surface area contributed by atoms with Crippen molar-refractivity contribution >= 4 is 5.97 Å². The maximum absolute atomic E-state index is 11.2. The van der Waals surface area contributed by atoms with Gasteiger partial charge in [0.25, 0.3) is 0 Å². The second kappa shape index (κ2) is 6.13. The molecule has 0 amide bonds. The van der Waals surface area contributed by atoms with Crippen molar-refractivity contribution in [3.8, 4) is 11.5 Å². The minimum absolute atomic E-state index is 0.270. The van der Waals surface area contributed by atoms with E-state index in [-0.39, 0.29) is 18.5 Å². The van der Waals surface area contributed by atoms with Gasteiger partial charge in [0.05, 0.1) is 20.1 Å². The molecule has 1 rings (SSSR count). The van der Waals surface area contributed by atoms with E-state index in [0.717, 1.165) is 5.56 Å². The van der Waals surface area contributed by atoms with Crippen LogP contribution in [0.5, 0.6) is 11.5 Å². The van der Waals surface area contributed by atoms with Gasteiger partial charge in [-0.25, -0.2) is 0 Å². The molecule has 0 N–H and O–H groups in total. The molecule has 1 aromatic carbocycles. The molecular weight excluding hydrogens is 220 g/mol. The van der Waals surface area contributed by atoms with Crippen LogP contribution in [0, 0.1) is 12.8 Å². The highest BCUT2D eigenvalue weighted by atomic mass is 16.5. The highest BCUT2D eigenvalue weighted by Crippen LogP contribution is 2.28. The highest BCUT2D eigenvalue weighted by Gasteiger charge is 2.15. The molecule has 0 aliphatic rings. The lowest BCUT2D eigenvalue weighted by Crippen LogP contribution is -2.20. The van der Waals surface area contributed by atoms with Gasteiger partial charge in [-0.2, -0.15) is 0 Å². The molecule has 0 saturated carbocycles. The van der Waals surface area contributed by atoms with E-state index in [1.165, 1.54) is 7.11 Å². The summed E-state index contributed by atoms with van der Waals surface area (Å²) in [5.41, 5.74) is 1.09. The van der Waals surface area contributed by atoms with Gasteiger partial charge >= 0.3 is 5.97 Å². The summed E-state index contributed by atoms with van der Waals surface area (Å²) in [6.45, 7) is 4.00. The Labute approximate surface area is 101 Å². The van der Waals surface area contributed by atoms with Crippen molar-refractivity contribution in [1.82, 2.24) is 0 Å². The second-order valence-corrected chi connectivity index (χ2v) is 3.89. The Balaban J connectivity index is 2.66. The number of aryl methyl sites for hydroxylation is 1. The Bertz CT molecular complexity index is 387. The van der Waals surface area contributed by atoms with E-state index in [0.29, 0.717) is 11.5 Å². The standard InChI is InChI=1S/C13H18O4/c1-9-5-6-11(12(7-9)15-3)17-8-10(2)13(14)16-4/h5-7,10H,8H2,1-4H3. The highest BCUT2D eigenvalue weighted by molar-refractivity contribution is 5.71. The van der Waals surface area contributed by atoms with Gasteiger partial charge in [-0.15, -0.1) is 0 Å². The Kier molecular flexibility index (Phi) is 4.82. The van der Waals surface area contributed by atoms with E-state index in [1.54, 1.807) is 14.0 Å². The largest absolute Gasteiger partial charge is 0.493 e. The number of carbonyl (C=O) groups excluding carboxylic acids is 1. The fourth-order valence-electron chi connectivity index (χ4n) is 1.38. The molecule has 0 aromatic heterocycles. The quantitative estimate of drug-likeness (QED) is 0.738. The minimum Gasteiger partial charge on any atom is -0.493 e. The zero-order chi connectivity index (χ0) is 12.8. The van der Waals surface area contributed by atoms with Gasteiger partial charge in [-0.1, -0.05) is 6.07 Å². The molecule has 0 aliphatic carbocycles. The van der Waals surface area contributed by atoms with E-state index < -0.39 is 0 Å². The maximum atomic E-state index is 11.2. The lowest BCUT2D eigenvalue weighted by molar-refractivity contribution is -0.145. The number of benzene rings is 1. The summed E-state index contributed by atoms with van der Waals surface area (Å²) >= 11 is 0. The lowest BCUT2D eigenvalue weighted by atomic mass is 10.2. The predicted octanol–water partition coefficient (Wildman–Crippen LogP) is 2.19. The molecule has 4 nitrogen and oxygen atoms in total. The maximum Gasteiger partial charge on any atom is 0.311 e. The topological polar surface area (TPSA) is 44.8 Å². The van der Waals surface area contributed by atoms with E-state index in [9.17, 15) is 4.79 Å². The lowest BCUT2D eigenvalue weighted by Gasteiger charge is -2.14. The molecule has 17 heavy (non-hydrogen) atoms. The molecule has 0 saturated heterocycles. The summed E-state index contributed by atoms with van der Waals surface area (Å²) in [4.78, 5) is 11.2. The molecule has 0 aliphatic heterocycles. The van der Waals surface area contributed by atoms with E-state index in [4.69, 9.17) is 9.47 Å². The summed E-state index contributed by atoms with van der Waals surface area (Å²) in [5, 5.41) is 0. The fraction of sp³-hybridized carbons (Fsp3) is 0.462. The predicted molar refractivity (Wildman–Crippen MR) is 64.4 cm³/mol. The minimum atomic E-state index is -0.300. The molecule has 1 aromatic rings. The summed E-state index contributed by atoms with van der Waals surface area (Å²) in [5.74, 6) is 0.720. The van der Waals surface area contributed by atoms with Crippen molar-refractivity contribution < 1.29 is 19.0 Å². The normalized spacial score (nSPS) is 11.8. The van der Waals surface area contributed by atoms with Gasteiger partial charge in [0.1, 0.15) is 6.61 Å². The van der Waals surface area contributed by atoms with Crippen molar-refractivity contribution in [3.05, 3.63) is 23.8 Å². The van der Waals surface area contributed by atoms with Crippen molar-refractivity contribution in [2.75, 3.05) is 20.8 Å². The van der Waals surface area contributed by atoms with Crippen LogP contribution >= 0.6 is 0 Å². The molecule has 1 unspecified atom stereocenters. The number of carbonyl (C=O) groups is 1. The first-order valence-corrected chi connectivity index (χ1v) is 5.43. The number of esters is 1. The molecule has 0 bridgehead atoms. The number of rotatable bonds is 5. The monoisotopic (exact) mass is 238 g/mol. The summed E-state index contributed by atoms with van der Waals surface area (Å²) < 4.78 is 15.4. The van der Waals surface area contributed by atoms with Crippen molar-refractivity contribution in [3.63, 3.8) is 0 Å². The van der Waals surface area contributed by atoms with Gasteiger partial charge in [-0.3, -0.25) is 4.79 Å². The first-order chi connectivity index (χ1) is 8.08. The van der Waals surface area contributed by atoms with Crippen LogP contribution in [0.15, 0.2) is 18.2 Å². The molecule has 4 heteroatoms. The average Bonchev–Trinajstić information content (AvgIpc) is 2.35. The van der Waals surface area contributed by atoms with Crippen molar-refractivity contribution in [1.29, 1.82) is 0 Å². The third-order valence-corrected chi connectivity index (χ3v) is 2.41. The first kappa shape index (κ1) is 13.4. The number of hydrogen-bond donors (Lipinski definition) is 0. The van der Waals surface area contributed by atoms with Crippen LogP contribution in [-0.2, 0) is 9.53 Å². The number of methoxy groups -OCH3 is 2. The molecule has 1 atom stereocenters. The Morgan fingerprint density at radius 1 is 1.29 bits per heavy atom.